The molecule has 8 aromatic heterocycles. The van der Waals surface area contributed by atoms with Gasteiger partial charge in [0.05, 0.1) is 96.6 Å². The average molecular weight is 1650 g/mol. The summed E-state index contributed by atoms with van der Waals surface area (Å²) in [6.45, 7) is 22.7. The van der Waals surface area contributed by atoms with E-state index in [1.165, 1.54) is 22.3 Å². The highest BCUT2D eigenvalue weighted by molar-refractivity contribution is 5.82. The Morgan fingerprint density at radius 3 is 1.17 bits per heavy atom. The van der Waals surface area contributed by atoms with E-state index in [0.717, 1.165) is 109 Å². The van der Waals surface area contributed by atoms with Gasteiger partial charge in [0.15, 0.2) is 23.3 Å². The third kappa shape index (κ3) is 28.8. The molecule has 0 aliphatic carbocycles. The number of anilines is 9. The van der Waals surface area contributed by atoms with Crippen molar-refractivity contribution in [1.29, 1.82) is 0 Å². The molecule has 16 rings (SSSR count). The summed E-state index contributed by atoms with van der Waals surface area (Å²) >= 11 is 0. The molecule has 0 spiro atoms. The average Bonchev–Trinajstić information content (AvgIpc) is 0.851. The standard InChI is InChI=1S/C24H28N6O2.C22H25N7O2.C22H25N7O.C21H22N6O2/c1-18-6-5-7-20(14-18)17-26-29-22-16-23(30-10-12-31-13-11-30)28-24(27-22)32-19(2)15-21-8-3-4-9-25-21;1-17-4-2-5-18(14-17)16-25-28-20-15-21(29-9-12-30-13-10-29)27-22(26-20)31-11-6-19-23-7-3-8-24-19;1-17-5-4-6-18(13-17)15-25-28-20-14-21(29-9-11-30-12-10-29)27-22(26-20)24-16-19-7-2-3-8-23-19;1-16-5-4-6-17(13-16)15-23-26-18-14-19(27-9-11-28-12-10-27)25-21(24-18)29-20-7-2-3-8-22-20/h3-9,14,16-17,19H,10-13,15H2,1-2H3,(H,27,28,29);2-5,7-8,14-16H,6,9-13H2,1H3,(H,26,27,28);2-8,13-15H,9-12,16H2,1H3,(H2,24,26,27,28);2-8,13-15H,9-12H2,1H3,(H,24,25,26)/b26-17+;25-16+;25-15+;23-15+. The molecule has 4 saturated heterocycles. The van der Waals surface area contributed by atoms with Gasteiger partial charge < -0.3 is 58.1 Å². The molecule has 12 heterocycles. The highest BCUT2D eigenvalue weighted by Gasteiger charge is 2.22. The first-order valence-corrected chi connectivity index (χ1v) is 40.4. The Bertz CT molecular complexity index is 5320. The maximum atomic E-state index is 6.06. The Morgan fingerprint density at radius 2 is 0.754 bits per heavy atom. The fraction of sp³-hybridized carbons (Fsp3) is 0.292. The molecule has 4 fully saturated rings. The number of hydrogen-bond donors (Lipinski definition) is 5. The molecule has 4 aliphatic heterocycles. The number of hydrazone groups is 4. The van der Waals surface area contributed by atoms with Crippen LogP contribution in [-0.4, -0.2) is 208 Å². The molecule has 122 heavy (non-hydrogen) atoms. The Balaban J connectivity index is 0.000000140. The summed E-state index contributed by atoms with van der Waals surface area (Å²) < 4.78 is 39.4. The van der Waals surface area contributed by atoms with E-state index in [1.54, 1.807) is 68.0 Å². The summed E-state index contributed by atoms with van der Waals surface area (Å²) in [4.78, 5) is 66.3. The van der Waals surface area contributed by atoms with Gasteiger partial charge in [-0.3, -0.25) is 31.7 Å². The molecular weight excluding hydrogens is 1550 g/mol. The monoisotopic (exact) mass is 1640 g/mol. The smallest absolute Gasteiger partial charge is 0.327 e. The van der Waals surface area contributed by atoms with E-state index in [1.807, 2.05) is 154 Å². The molecule has 628 valence electrons. The van der Waals surface area contributed by atoms with Gasteiger partial charge in [0.25, 0.3) is 0 Å². The molecule has 12 aromatic rings. The molecule has 1 atom stereocenters. The predicted octanol–water partition coefficient (Wildman–Crippen LogP) is 12.3. The lowest BCUT2D eigenvalue weighted by Crippen LogP contribution is -2.37. The second kappa shape index (κ2) is 46.3. The molecular formula is C89H100N26O7. The SMILES string of the molecule is Cc1cccc(/C=N/Nc2cc(N3CCOCC3)nc(NCc3ccccn3)n2)c1.Cc1cccc(/C=N/Nc2cc(N3CCOCC3)nc(OC(C)Cc3ccccn3)n2)c1.Cc1cccc(/C=N/Nc2cc(N3CCOCC3)nc(OCCc3ncccn3)n2)c1.Cc1cccc(/C=N/Nc2cc(N3CCOCC3)nc(Oc3ccccn3)n2)c1. The van der Waals surface area contributed by atoms with Crippen molar-refractivity contribution in [3.05, 3.63) is 275 Å². The summed E-state index contributed by atoms with van der Waals surface area (Å²) in [5, 5.41) is 20.6. The molecule has 0 radical (unpaired) electrons. The van der Waals surface area contributed by atoms with Gasteiger partial charge in [-0.25, -0.2) is 15.0 Å². The van der Waals surface area contributed by atoms with Crippen LogP contribution in [0.2, 0.25) is 0 Å². The Morgan fingerprint density at radius 1 is 0.377 bits per heavy atom. The summed E-state index contributed by atoms with van der Waals surface area (Å²) in [7, 11) is 0. The van der Waals surface area contributed by atoms with Crippen LogP contribution in [0.15, 0.2) is 233 Å². The first kappa shape index (κ1) is 85.7. The van der Waals surface area contributed by atoms with Gasteiger partial charge in [0.2, 0.25) is 11.8 Å². The maximum absolute atomic E-state index is 6.06. The molecule has 0 bridgehead atoms. The van der Waals surface area contributed by atoms with E-state index in [-0.39, 0.29) is 18.1 Å². The van der Waals surface area contributed by atoms with Gasteiger partial charge in [-0.05, 0) is 93.3 Å². The van der Waals surface area contributed by atoms with E-state index in [0.29, 0.717) is 126 Å². The van der Waals surface area contributed by atoms with Crippen LogP contribution >= 0.6 is 0 Å². The molecule has 0 amide bonds. The number of pyridine rings is 3. The zero-order valence-electron chi connectivity index (χ0n) is 69.0. The number of nitrogens with zero attached hydrogens (tertiary/aromatic N) is 21. The van der Waals surface area contributed by atoms with Crippen molar-refractivity contribution in [2.75, 3.05) is 158 Å². The Hall–Kier alpha value is -14.2. The van der Waals surface area contributed by atoms with Crippen LogP contribution < -0.4 is 60.8 Å². The number of benzene rings is 4. The largest absolute Gasteiger partial charge is 0.463 e. The van der Waals surface area contributed by atoms with E-state index in [2.05, 4.69) is 182 Å². The van der Waals surface area contributed by atoms with Crippen molar-refractivity contribution in [2.24, 2.45) is 20.4 Å². The minimum absolute atomic E-state index is 0.131. The highest BCUT2D eigenvalue weighted by atomic mass is 16.5. The number of hydrogen-bond acceptors (Lipinski definition) is 33. The summed E-state index contributed by atoms with van der Waals surface area (Å²) in [5.41, 5.74) is 22.7. The molecule has 1 unspecified atom stereocenters. The molecule has 4 aromatic carbocycles. The van der Waals surface area contributed by atoms with Crippen LogP contribution in [0, 0.1) is 27.7 Å². The number of aryl methyl sites for hydroxylation is 4. The lowest BCUT2D eigenvalue weighted by Gasteiger charge is -2.28. The number of morpholine rings is 4. The third-order valence-corrected chi connectivity index (χ3v) is 18.6. The summed E-state index contributed by atoms with van der Waals surface area (Å²) in [6, 6.07) is 59.7. The molecule has 0 saturated carbocycles. The zero-order valence-corrected chi connectivity index (χ0v) is 69.0. The number of aromatic nitrogens is 13. The molecule has 4 aliphatic rings. The van der Waals surface area contributed by atoms with Crippen LogP contribution in [0.25, 0.3) is 0 Å². The normalized spacial score (nSPS) is 14.3. The van der Waals surface area contributed by atoms with Crippen molar-refractivity contribution in [2.45, 2.75) is 60.1 Å². The first-order chi connectivity index (χ1) is 59.9. The Kier molecular flexibility index (Phi) is 32.5. The highest BCUT2D eigenvalue weighted by Crippen LogP contribution is 2.27. The topological polar surface area (TPSA) is 355 Å². The third-order valence-electron chi connectivity index (χ3n) is 18.6. The van der Waals surface area contributed by atoms with Gasteiger partial charge in [-0.15, -0.1) is 0 Å². The van der Waals surface area contributed by atoms with Crippen LogP contribution in [0.4, 0.5) is 52.5 Å². The minimum atomic E-state index is -0.131. The lowest BCUT2D eigenvalue weighted by atomic mass is 10.2. The zero-order chi connectivity index (χ0) is 84.0. The van der Waals surface area contributed by atoms with E-state index < -0.39 is 0 Å². The predicted molar refractivity (Wildman–Crippen MR) is 475 cm³/mol. The van der Waals surface area contributed by atoms with Crippen molar-refractivity contribution in [1.82, 2.24) is 64.8 Å². The van der Waals surface area contributed by atoms with Gasteiger partial charge in [-0.1, -0.05) is 138 Å². The van der Waals surface area contributed by atoms with Gasteiger partial charge in [0.1, 0.15) is 35.2 Å². The number of ether oxygens (including phenoxy) is 7. The summed E-state index contributed by atoms with van der Waals surface area (Å²) in [6.07, 6.45) is 16.8. The van der Waals surface area contributed by atoms with Crippen molar-refractivity contribution in [3.8, 4) is 23.9 Å². The second-order valence-corrected chi connectivity index (χ2v) is 28.3. The number of nitrogens with one attached hydrogen (secondary N) is 5. The van der Waals surface area contributed by atoms with Crippen molar-refractivity contribution in [3.63, 3.8) is 0 Å². The second-order valence-electron chi connectivity index (χ2n) is 28.3. The van der Waals surface area contributed by atoms with Crippen molar-refractivity contribution >= 4 is 77.3 Å². The van der Waals surface area contributed by atoms with Crippen LogP contribution in [0.5, 0.6) is 23.9 Å². The number of rotatable bonds is 29. The van der Waals surface area contributed by atoms with Crippen molar-refractivity contribution < 1.29 is 33.2 Å². The van der Waals surface area contributed by atoms with Gasteiger partial charge >= 0.3 is 18.0 Å². The minimum Gasteiger partial charge on any atom is -0.463 e. The summed E-state index contributed by atoms with van der Waals surface area (Å²) in [5.74, 6) is 7.13. The van der Waals surface area contributed by atoms with Crippen LogP contribution in [0.1, 0.15) is 68.6 Å². The molecule has 5 N–H and O–H groups in total. The van der Waals surface area contributed by atoms with Gasteiger partial charge in [0, 0.05) is 132 Å². The van der Waals surface area contributed by atoms with Crippen LogP contribution in [-0.2, 0) is 38.3 Å². The molecule has 33 nitrogen and oxygen atoms in total. The van der Waals surface area contributed by atoms with E-state index in [9.17, 15) is 0 Å². The Labute approximate surface area is 709 Å². The van der Waals surface area contributed by atoms with E-state index in [4.69, 9.17) is 33.2 Å². The van der Waals surface area contributed by atoms with Crippen LogP contribution in [0.3, 0.4) is 0 Å². The lowest BCUT2D eigenvalue weighted by molar-refractivity contribution is 0.122. The first-order valence-electron chi connectivity index (χ1n) is 40.4. The fourth-order valence-electron chi connectivity index (χ4n) is 12.6. The maximum Gasteiger partial charge on any atom is 0.327 e. The van der Waals surface area contributed by atoms with Gasteiger partial charge in [-0.2, -0.15) is 60.3 Å². The molecule has 33 heteroatoms. The fourth-order valence-corrected chi connectivity index (χ4v) is 12.6. The quantitative estimate of drug-likeness (QED) is 0.0215. The van der Waals surface area contributed by atoms with E-state index >= 15 is 0 Å².